The molecule has 2 aromatic carbocycles. The number of carbonyl (C=O) groups excluding carboxylic acids is 1. The number of hydrazine groups is 1. The molecule has 1 fully saturated rings. The van der Waals surface area contributed by atoms with E-state index in [0.717, 1.165) is 34.1 Å². The van der Waals surface area contributed by atoms with Gasteiger partial charge in [-0.1, -0.05) is 36.4 Å². The number of hydrogen-bond acceptors (Lipinski definition) is 7. The number of nitrogens with zero attached hydrogens (tertiary/aromatic N) is 3. The van der Waals surface area contributed by atoms with E-state index in [4.69, 9.17) is 4.74 Å². The molecule has 1 unspecified atom stereocenters. The number of benzene rings is 2. The zero-order valence-corrected chi connectivity index (χ0v) is 21.0. The molecule has 0 radical (unpaired) electrons. The average Bonchev–Trinajstić information content (AvgIpc) is 3.03. The van der Waals surface area contributed by atoms with Crippen LogP contribution in [0.3, 0.4) is 0 Å². The van der Waals surface area contributed by atoms with Crippen LogP contribution in [0.1, 0.15) is 35.2 Å². The average molecular weight is 534 g/mol. The zero-order chi connectivity index (χ0) is 26.5. The van der Waals surface area contributed by atoms with Crippen LogP contribution in [-0.2, 0) is 21.9 Å². The van der Waals surface area contributed by atoms with Gasteiger partial charge in [0, 0.05) is 24.0 Å². The van der Waals surface area contributed by atoms with E-state index in [1.807, 2.05) is 42.5 Å². The van der Waals surface area contributed by atoms with E-state index in [-0.39, 0.29) is 6.61 Å². The number of hydrogen-bond donors (Lipinski definition) is 2. The van der Waals surface area contributed by atoms with Crippen LogP contribution in [0.15, 0.2) is 71.1 Å². The maximum atomic E-state index is 13.9. The fourth-order valence-electron chi connectivity index (χ4n) is 5.00. The molecule has 0 spiro atoms. The summed E-state index contributed by atoms with van der Waals surface area (Å²) in [5.41, 5.74) is 3.17. The van der Waals surface area contributed by atoms with Crippen molar-refractivity contribution in [1.82, 2.24) is 14.9 Å². The maximum absolute atomic E-state index is 13.9. The van der Waals surface area contributed by atoms with Crippen LogP contribution in [0.4, 0.5) is 13.2 Å². The number of halogens is 3. The van der Waals surface area contributed by atoms with Gasteiger partial charge in [-0.2, -0.15) is 18.2 Å². The molecule has 196 valence electrons. The Labute approximate surface area is 216 Å². The Morgan fingerprint density at radius 2 is 1.95 bits per heavy atom. The largest absolute Gasteiger partial charge is 0.507 e. The number of fused-ring (bicyclic) bond motifs is 3. The Balaban J connectivity index is 1.75. The molecule has 2 N–H and O–H groups in total. The summed E-state index contributed by atoms with van der Waals surface area (Å²) in [5.74, 6) is -1.07. The van der Waals surface area contributed by atoms with Crippen LogP contribution in [0.5, 0.6) is 0 Å². The van der Waals surface area contributed by atoms with E-state index < -0.39 is 48.4 Å². The third-order valence-electron chi connectivity index (χ3n) is 6.89. The summed E-state index contributed by atoms with van der Waals surface area (Å²) < 4.78 is 47.2. The number of methoxy groups -OCH3 is 1. The van der Waals surface area contributed by atoms with Crippen LogP contribution in [0.25, 0.3) is 0 Å². The van der Waals surface area contributed by atoms with Gasteiger partial charge in [0.15, 0.2) is 11.5 Å². The van der Waals surface area contributed by atoms with Crippen LogP contribution >= 0.6 is 11.8 Å². The highest BCUT2D eigenvalue weighted by Gasteiger charge is 2.50. The number of alkyl halides is 3. The smallest absolute Gasteiger partial charge is 0.408 e. The molecule has 0 aromatic heterocycles. The lowest BCUT2D eigenvalue weighted by molar-refractivity contribution is -0.204. The van der Waals surface area contributed by atoms with Gasteiger partial charge in [-0.15, -0.1) is 11.8 Å². The second-order valence-corrected chi connectivity index (χ2v) is 10.1. The van der Waals surface area contributed by atoms with Crippen LogP contribution < -0.4 is 0 Å². The molecule has 3 aliphatic heterocycles. The van der Waals surface area contributed by atoms with Crippen molar-refractivity contribution in [3.63, 3.8) is 0 Å². The molecule has 1 saturated heterocycles. The number of aliphatic hydroxyl groups is 2. The third-order valence-corrected chi connectivity index (χ3v) is 8.03. The van der Waals surface area contributed by atoms with Crippen LogP contribution in [-0.4, -0.2) is 63.1 Å². The fraction of sp³-hybridized carbons (Fsp3) is 0.346. The van der Waals surface area contributed by atoms with E-state index >= 15 is 0 Å². The minimum absolute atomic E-state index is 0.282. The van der Waals surface area contributed by atoms with Crippen molar-refractivity contribution in [3.8, 4) is 0 Å². The lowest BCUT2D eigenvalue weighted by Crippen LogP contribution is -2.62. The second-order valence-electron chi connectivity index (χ2n) is 9.09. The van der Waals surface area contributed by atoms with E-state index in [2.05, 4.69) is 0 Å². The first-order valence-corrected chi connectivity index (χ1v) is 12.7. The minimum atomic E-state index is -4.70. The van der Waals surface area contributed by atoms with Gasteiger partial charge < -0.3 is 19.8 Å². The van der Waals surface area contributed by atoms with Gasteiger partial charge in [-0.25, -0.2) is 0 Å². The number of amides is 1. The van der Waals surface area contributed by atoms with Crippen molar-refractivity contribution in [3.05, 3.63) is 88.5 Å². The minimum Gasteiger partial charge on any atom is -0.507 e. The van der Waals surface area contributed by atoms with Gasteiger partial charge in [0.1, 0.15) is 12.1 Å². The number of thioether (sulfide) groups is 1. The second kappa shape index (κ2) is 9.71. The molecule has 3 atom stereocenters. The predicted molar refractivity (Wildman–Crippen MR) is 131 cm³/mol. The quantitative estimate of drug-likeness (QED) is 0.601. The number of carbonyl (C=O) groups is 1. The van der Waals surface area contributed by atoms with Gasteiger partial charge in [-0.3, -0.25) is 9.80 Å². The van der Waals surface area contributed by atoms with E-state index in [1.165, 1.54) is 17.3 Å². The van der Waals surface area contributed by atoms with E-state index in [1.54, 1.807) is 23.9 Å². The number of ether oxygens (including phenoxy) is 1. The topological polar surface area (TPSA) is 76.5 Å². The van der Waals surface area contributed by atoms with Crippen molar-refractivity contribution in [1.29, 1.82) is 0 Å². The molecule has 37 heavy (non-hydrogen) atoms. The number of rotatable bonds is 4. The van der Waals surface area contributed by atoms with Crippen LogP contribution in [0.2, 0.25) is 0 Å². The highest BCUT2D eigenvalue weighted by molar-refractivity contribution is 7.98. The molecule has 0 saturated carbocycles. The summed E-state index contributed by atoms with van der Waals surface area (Å²) in [5, 5.41) is 24.0. The van der Waals surface area contributed by atoms with E-state index in [0.29, 0.717) is 10.7 Å². The predicted octanol–water partition coefficient (Wildman–Crippen LogP) is 4.46. The van der Waals surface area contributed by atoms with Gasteiger partial charge >= 0.3 is 6.18 Å². The summed E-state index contributed by atoms with van der Waals surface area (Å²) in [4.78, 5) is 15.0. The summed E-state index contributed by atoms with van der Waals surface area (Å²) in [6.45, 7) is 0.797. The Morgan fingerprint density at radius 1 is 1.19 bits per heavy atom. The first-order chi connectivity index (χ1) is 17.6. The molecule has 2 aromatic rings. The molecule has 7 nitrogen and oxygen atoms in total. The summed E-state index contributed by atoms with van der Waals surface area (Å²) in [6, 6.07) is 10.7. The molecular weight excluding hydrogens is 507 g/mol. The molecular formula is C26H26F3N3O4S. The third kappa shape index (κ3) is 4.39. The molecule has 1 amide bonds. The van der Waals surface area contributed by atoms with Crippen molar-refractivity contribution < 1.29 is 32.9 Å². The normalized spacial score (nSPS) is 22.9. The van der Waals surface area contributed by atoms with Crippen molar-refractivity contribution in [2.45, 2.75) is 48.5 Å². The summed E-state index contributed by atoms with van der Waals surface area (Å²) in [7, 11) is 1.58. The SMILES string of the molecule is COCc1cccc2c1[C@H](N1CN([C@H](C)C(F)(F)F)C(=O)C3=C(O)C(O)C=CN31)c1ccccc1SC2. The van der Waals surface area contributed by atoms with Crippen molar-refractivity contribution in [2.75, 3.05) is 13.8 Å². The number of aliphatic hydroxyl groups excluding tert-OH is 2. The summed E-state index contributed by atoms with van der Waals surface area (Å²) in [6.07, 6.45) is -3.49. The molecule has 0 aliphatic carbocycles. The molecule has 3 aliphatic rings. The first kappa shape index (κ1) is 25.7. The lowest BCUT2D eigenvalue weighted by Gasteiger charge is -2.50. The van der Waals surface area contributed by atoms with Crippen molar-refractivity contribution >= 4 is 17.7 Å². The van der Waals surface area contributed by atoms with Gasteiger partial charge in [0.25, 0.3) is 5.91 Å². The van der Waals surface area contributed by atoms with E-state index in [9.17, 15) is 28.2 Å². The van der Waals surface area contributed by atoms with Crippen LogP contribution in [0, 0.1) is 0 Å². The first-order valence-electron chi connectivity index (χ1n) is 11.7. The summed E-state index contributed by atoms with van der Waals surface area (Å²) >= 11 is 1.62. The van der Waals surface area contributed by atoms with Gasteiger partial charge in [0.05, 0.1) is 19.3 Å². The Morgan fingerprint density at radius 3 is 2.68 bits per heavy atom. The van der Waals surface area contributed by atoms with Gasteiger partial charge in [-0.05, 0) is 41.3 Å². The molecule has 0 bridgehead atoms. The monoisotopic (exact) mass is 533 g/mol. The zero-order valence-electron chi connectivity index (χ0n) is 20.1. The highest BCUT2D eigenvalue weighted by atomic mass is 32.2. The molecule has 5 rings (SSSR count). The molecule has 3 heterocycles. The lowest BCUT2D eigenvalue weighted by atomic mass is 9.90. The Hall–Kier alpha value is -2.99. The Bertz CT molecular complexity index is 1280. The van der Waals surface area contributed by atoms with Crippen molar-refractivity contribution in [2.24, 2.45) is 0 Å². The standard InChI is InChI=1S/C26H26F3N3O4S/c1-15(26(27,28)29)30-14-32(31-11-10-19(33)24(34)23(31)25(30)35)22-18-8-3-4-9-20(18)37-13-17-7-5-6-16(12-36-2)21(17)22/h3-11,15,19,22,33-34H,12-14H2,1-2H3/t15-,19?,22-/m1/s1. The van der Waals surface area contributed by atoms with Gasteiger partial charge in [0.2, 0.25) is 0 Å². The molecule has 11 heteroatoms. The fourth-order valence-corrected chi connectivity index (χ4v) is 6.08. The highest BCUT2D eigenvalue weighted by Crippen LogP contribution is 2.46. The Kier molecular flexibility index (Phi) is 6.73. The maximum Gasteiger partial charge on any atom is 0.408 e.